The minimum Gasteiger partial charge on any atom is -0.368 e. The second kappa shape index (κ2) is 8.68. The molecule has 168 valence electrons. The van der Waals surface area contributed by atoms with Gasteiger partial charge in [0.15, 0.2) is 0 Å². The first-order chi connectivity index (χ1) is 15.2. The van der Waals surface area contributed by atoms with E-state index in [0.29, 0.717) is 31.9 Å². The molecule has 32 heavy (non-hydrogen) atoms. The Bertz CT molecular complexity index is 1040. The van der Waals surface area contributed by atoms with Crippen LogP contribution in [0, 0.1) is 0 Å². The van der Waals surface area contributed by atoms with Crippen LogP contribution < -0.4 is 4.90 Å². The number of anilines is 1. The molecule has 0 aromatic heterocycles. The summed E-state index contributed by atoms with van der Waals surface area (Å²) in [5.74, 6) is -0.210. The Kier molecular flexibility index (Phi) is 5.95. The lowest BCUT2D eigenvalue weighted by Gasteiger charge is -2.38. The highest BCUT2D eigenvalue weighted by molar-refractivity contribution is 5.82. The van der Waals surface area contributed by atoms with E-state index in [1.807, 2.05) is 35.2 Å². The minimum atomic E-state index is -4.39. The quantitative estimate of drug-likeness (QED) is 0.710. The molecule has 2 aromatic carbocycles. The normalized spacial score (nSPS) is 18.5. The molecular weight excluding hydrogens is 419 g/mol. The summed E-state index contributed by atoms with van der Waals surface area (Å²) < 4.78 is 39.0. The van der Waals surface area contributed by atoms with Gasteiger partial charge in [0.2, 0.25) is 11.8 Å². The number of amides is 2. The van der Waals surface area contributed by atoms with Gasteiger partial charge in [-0.25, -0.2) is 0 Å². The molecule has 0 spiro atoms. The van der Waals surface area contributed by atoms with E-state index in [4.69, 9.17) is 0 Å². The van der Waals surface area contributed by atoms with E-state index in [1.165, 1.54) is 13.0 Å². The molecule has 4 rings (SSSR count). The first-order valence-electron chi connectivity index (χ1n) is 10.5. The van der Waals surface area contributed by atoms with Gasteiger partial charge in [-0.2, -0.15) is 13.2 Å². The molecule has 0 saturated carbocycles. The van der Waals surface area contributed by atoms with Crippen LogP contribution >= 0.6 is 0 Å². The maximum Gasteiger partial charge on any atom is 0.416 e. The molecule has 2 aliphatic rings. The topological polar surface area (TPSA) is 43.9 Å². The minimum absolute atomic E-state index is 0.0740. The number of fused-ring (bicyclic) bond motifs is 1. The molecule has 8 heteroatoms. The number of hydrogen-bond donors (Lipinski definition) is 0. The highest BCUT2D eigenvalue weighted by Gasteiger charge is 2.33. The molecule has 2 amide bonds. The van der Waals surface area contributed by atoms with Gasteiger partial charge in [-0.1, -0.05) is 30.3 Å². The number of carbonyl (C=O) groups is 2. The molecule has 2 aliphatic heterocycles. The molecule has 0 bridgehead atoms. The van der Waals surface area contributed by atoms with Gasteiger partial charge < -0.3 is 14.7 Å². The van der Waals surface area contributed by atoms with Crippen molar-refractivity contribution in [3.05, 3.63) is 71.4 Å². The number of hydrogen-bond acceptors (Lipinski definition) is 3. The third-order valence-corrected chi connectivity index (χ3v) is 6.01. The second-order valence-corrected chi connectivity index (χ2v) is 8.01. The second-order valence-electron chi connectivity index (χ2n) is 8.01. The van der Waals surface area contributed by atoms with Crippen molar-refractivity contribution in [3.8, 4) is 0 Å². The maximum atomic E-state index is 13.1. The van der Waals surface area contributed by atoms with E-state index in [1.54, 1.807) is 22.1 Å². The monoisotopic (exact) mass is 443 g/mol. The fourth-order valence-electron chi connectivity index (χ4n) is 4.30. The zero-order chi connectivity index (χ0) is 22.9. The van der Waals surface area contributed by atoms with Crippen LogP contribution in [0.4, 0.5) is 18.9 Å². The van der Waals surface area contributed by atoms with Gasteiger partial charge in [0.1, 0.15) is 0 Å². The molecule has 1 atom stereocenters. The van der Waals surface area contributed by atoms with Gasteiger partial charge in [-0.3, -0.25) is 9.59 Å². The summed E-state index contributed by atoms with van der Waals surface area (Å²) >= 11 is 0. The number of rotatable bonds is 3. The number of carbonyl (C=O) groups excluding carboxylic acids is 2. The molecule has 0 radical (unpaired) electrons. The number of benzene rings is 2. The van der Waals surface area contributed by atoms with Crippen LogP contribution in [-0.4, -0.2) is 47.8 Å². The Morgan fingerprint density at radius 2 is 1.72 bits per heavy atom. The molecule has 2 aromatic rings. The number of piperazine rings is 1. The predicted molar refractivity (Wildman–Crippen MR) is 116 cm³/mol. The van der Waals surface area contributed by atoms with Crippen LogP contribution in [0.2, 0.25) is 0 Å². The molecule has 0 aliphatic carbocycles. The third kappa shape index (κ3) is 4.49. The van der Waals surface area contributed by atoms with Crippen LogP contribution in [0.15, 0.2) is 54.7 Å². The Morgan fingerprint density at radius 1 is 1.00 bits per heavy atom. The molecule has 1 saturated heterocycles. The van der Waals surface area contributed by atoms with Gasteiger partial charge in [-0.15, -0.1) is 0 Å². The van der Waals surface area contributed by atoms with E-state index < -0.39 is 11.7 Å². The van der Waals surface area contributed by atoms with Gasteiger partial charge in [0, 0.05) is 45.0 Å². The van der Waals surface area contributed by atoms with Crippen molar-refractivity contribution < 1.29 is 22.8 Å². The van der Waals surface area contributed by atoms with Crippen LogP contribution in [0.25, 0.3) is 6.08 Å². The molecule has 0 N–H and O–H groups in total. The number of nitrogens with zero attached hydrogens (tertiary/aromatic N) is 3. The summed E-state index contributed by atoms with van der Waals surface area (Å²) in [6, 6.07) is 12.6. The summed E-state index contributed by atoms with van der Waals surface area (Å²) in [4.78, 5) is 30.4. The summed E-state index contributed by atoms with van der Waals surface area (Å²) in [5.41, 5.74) is 1.74. The van der Waals surface area contributed by atoms with Crippen LogP contribution in [0.5, 0.6) is 0 Å². The molecule has 0 unspecified atom stereocenters. The lowest BCUT2D eigenvalue weighted by atomic mass is 9.93. The summed E-state index contributed by atoms with van der Waals surface area (Å²) in [6.45, 7) is 3.21. The molecular formula is C24H24F3N3O2. The van der Waals surface area contributed by atoms with Gasteiger partial charge in [0.05, 0.1) is 18.0 Å². The number of halogens is 3. The van der Waals surface area contributed by atoms with Crippen molar-refractivity contribution in [2.24, 2.45) is 0 Å². The smallest absolute Gasteiger partial charge is 0.368 e. The van der Waals surface area contributed by atoms with E-state index in [0.717, 1.165) is 23.3 Å². The van der Waals surface area contributed by atoms with Crippen LogP contribution in [-0.2, 0) is 15.8 Å². The van der Waals surface area contributed by atoms with Crippen LogP contribution in [0.3, 0.4) is 0 Å². The van der Waals surface area contributed by atoms with Crippen molar-refractivity contribution in [2.75, 3.05) is 31.1 Å². The summed E-state index contributed by atoms with van der Waals surface area (Å²) in [5, 5.41) is 0. The average molecular weight is 443 g/mol. The lowest BCUT2D eigenvalue weighted by Crippen LogP contribution is -2.49. The van der Waals surface area contributed by atoms with Crippen molar-refractivity contribution in [3.63, 3.8) is 0 Å². The fraction of sp³-hybridized carbons (Fsp3) is 0.333. The highest BCUT2D eigenvalue weighted by atomic mass is 19.4. The van der Waals surface area contributed by atoms with E-state index in [2.05, 4.69) is 0 Å². The summed E-state index contributed by atoms with van der Waals surface area (Å²) in [7, 11) is 0. The van der Waals surface area contributed by atoms with Crippen molar-refractivity contribution >= 4 is 23.6 Å². The maximum absolute atomic E-state index is 13.1. The SMILES string of the molecule is CC(=O)N1C=Cc2ccccc2[C@@H]1CC(=O)N1CCN(c2cccc(C(F)(F)F)c2)CC1. The Labute approximate surface area is 184 Å². The zero-order valence-corrected chi connectivity index (χ0v) is 17.7. The largest absolute Gasteiger partial charge is 0.416 e. The highest BCUT2D eigenvalue weighted by Crippen LogP contribution is 2.34. The standard InChI is InChI=1S/C24H24F3N3O2/c1-17(31)30-10-9-18-5-2-3-8-21(18)22(30)16-23(32)29-13-11-28(12-14-29)20-7-4-6-19(15-20)24(25,26)27/h2-10,15,22H,11-14,16H2,1H3/t22-/m0/s1. The lowest BCUT2D eigenvalue weighted by molar-refractivity contribution is -0.137. The van der Waals surface area contributed by atoms with Gasteiger partial charge in [-0.05, 0) is 35.4 Å². The Balaban J connectivity index is 1.43. The van der Waals surface area contributed by atoms with Crippen molar-refractivity contribution in [2.45, 2.75) is 25.6 Å². The number of alkyl halides is 3. The first kappa shape index (κ1) is 21.9. The van der Waals surface area contributed by atoms with Crippen molar-refractivity contribution in [1.82, 2.24) is 9.80 Å². The third-order valence-electron chi connectivity index (χ3n) is 6.01. The van der Waals surface area contributed by atoms with Crippen LogP contribution in [0.1, 0.15) is 36.1 Å². The van der Waals surface area contributed by atoms with Crippen molar-refractivity contribution in [1.29, 1.82) is 0 Å². The zero-order valence-electron chi connectivity index (χ0n) is 17.7. The first-order valence-corrected chi connectivity index (χ1v) is 10.5. The van der Waals surface area contributed by atoms with Gasteiger partial charge >= 0.3 is 6.18 Å². The fourth-order valence-corrected chi connectivity index (χ4v) is 4.30. The Morgan fingerprint density at radius 3 is 2.41 bits per heavy atom. The summed E-state index contributed by atoms with van der Waals surface area (Å²) in [6.07, 6.45) is -0.647. The molecule has 2 heterocycles. The van der Waals surface area contributed by atoms with E-state index in [-0.39, 0.29) is 24.3 Å². The molecule has 1 fully saturated rings. The van der Waals surface area contributed by atoms with E-state index >= 15 is 0 Å². The average Bonchev–Trinajstić information content (AvgIpc) is 2.78. The van der Waals surface area contributed by atoms with E-state index in [9.17, 15) is 22.8 Å². The predicted octanol–water partition coefficient (Wildman–Crippen LogP) is 4.32. The van der Waals surface area contributed by atoms with Gasteiger partial charge in [0.25, 0.3) is 0 Å². The Hall–Kier alpha value is -3.29. The molecule has 5 nitrogen and oxygen atoms in total.